The number of nitrogens with zero attached hydrogens (tertiary/aromatic N) is 2. The molecule has 4 heteroatoms. The molecule has 0 aliphatic rings. The summed E-state index contributed by atoms with van der Waals surface area (Å²) in [5.74, 6) is 0.443. The number of hydrogen-bond donors (Lipinski definition) is 0. The molecule has 1 heterocycles. The Balaban J connectivity index is 3.06. The number of carbonyl (C=O) groups is 1. The minimum Gasteiger partial charge on any atom is -0.496 e. The quantitative estimate of drug-likeness (QED) is 0.675. The maximum atomic E-state index is 11.5. The zero-order valence-corrected chi connectivity index (χ0v) is 7.94. The SMILES string of the molecule is COc1ccncc1C(=O)N(C)C. The van der Waals surface area contributed by atoms with Crippen molar-refractivity contribution in [2.75, 3.05) is 21.2 Å². The van der Waals surface area contributed by atoms with Gasteiger partial charge in [0.25, 0.3) is 5.91 Å². The van der Waals surface area contributed by atoms with Crippen LogP contribution in [0.1, 0.15) is 10.4 Å². The Morgan fingerprint density at radius 2 is 2.23 bits per heavy atom. The lowest BCUT2D eigenvalue weighted by Gasteiger charge is -2.12. The van der Waals surface area contributed by atoms with Gasteiger partial charge in [0.15, 0.2) is 0 Å². The summed E-state index contributed by atoms with van der Waals surface area (Å²) in [5, 5.41) is 0. The highest BCUT2D eigenvalue weighted by molar-refractivity contribution is 5.96. The fraction of sp³-hybridized carbons (Fsp3) is 0.333. The van der Waals surface area contributed by atoms with Gasteiger partial charge < -0.3 is 9.64 Å². The standard InChI is InChI=1S/C9H12N2O2/c1-11(2)9(12)7-6-10-5-4-8(7)13-3/h4-6H,1-3H3. The summed E-state index contributed by atoms with van der Waals surface area (Å²) >= 11 is 0. The molecule has 0 radical (unpaired) electrons. The van der Waals surface area contributed by atoms with Gasteiger partial charge in [-0.05, 0) is 6.07 Å². The monoisotopic (exact) mass is 180 g/mol. The third-order valence-electron chi connectivity index (χ3n) is 1.64. The van der Waals surface area contributed by atoms with Crippen LogP contribution in [0.3, 0.4) is 0 Å². The van der Waals surface area contributed by atoms with Crippen molar-refractivity contribution in [2.45, 2.75) is 0 Å². The van der Waals surface area contributed by atoms with E-state index in [1.54, 1.807) is 26.4 Å². The molecule has 0 saturated heterocycles. The van der Waals surface area contributed by atoms with Crippen molar-refractivity contribution in [3.8, 4) is 5.75 Å². The molecule has 70 valence electrons. The first-order chi connectivity index (χ1) is 6.16. The summed E-state index contributed by atoms with van der Waals surface area (Å²) < 4.78 is 5.03. The molecule has 0 bridgehead atoms. The van der Waals surface area contributed by atoms with Crippen LogP contribution < -0.4 is 4.74 Å². The molecule has 0 atom stereocenters. The Bertz CT molecular complexity index is 310. The molecular formula is C9H12N2O2. The molecule has 1 rings (SSSR count). The number of pyridine rings is 1. The van der Waals surface area contributed by atoms with Crippen molar-refractivity contribution in [1.29, 1.82) is 0 Å². The lowest BCUT2D eigenvalue weighted by Crippen LogP contribution is -2.22. The van der Waals surface area contributed by atoms with Gasteiger partial charge in [0.2, 0.25) is 0 Å². The molecule has 0 aromatic carbocycles. The molecule has 0 N–H and O–H groups in total. The summed E-state index contributed by atoms with van der Waals surface area (Å²) in [6, 6.07) is 1.66. The van der Waals surface area contributed by atoms with Gasteiger partial charge >= 0.3 is 0 Å². The Morgan fingerprint density at radius 3 is 2.77 bits per heavy atom. The number of methoxy groups -OCH3 is 1. The van der Waals surface area contributed by atoms with E-state index in [0.717, 1.165) is 0 Å². The van der Waals surface area contributed by atoms with E-state index in [2.05, 4.69) is 4.98 Å². The third kappa shape index (κ3) is 1.96. The van der Waals surface area contributed by atoms with Crippen LogP contribution in [0.5, 0.6) is 5.75 Å². The van der Waals surface area contributed by atoms with Crippen molar-refractivity contribution in [2.24, 2.45) is 0 Å². The van der Waals surface area contributed by atoms with E-state index in [1.807, 2.05) is 0 Å². The first-order valence-corrected chi connectivity index (χ1v) is 3.86. The summed E-state index contributed by atoms with van der Waals surface area (Å²) in [6.45, 7) is 0. The second-order valence-corrected chi connectivity index (χ2v) is 2.78. The van der Waals surface area contributed by atoms with Crippen molar-refractivity contribution in [1.82, 2.24) is 9.88 Å². The zero-order valence-electron chi connectivity index (χ0n) is 7.94. The minimum absolute atomic E-state index is 0.107. The predicted octanol–water partition coefficient (Wildman–Crippen LogP) is 0.792. The predicted molar refractivity (Wildman–Crippen MR) is 48.8 cm³/mol. The maximum absolute atomic E-state index is 11.5. The van der Waals surface area contributed by atoms with Crippen LogP contribution in [0, 0.1) is 0 Å². The van der Waals surface area contributed by atoms with E-state index >= 15 is 0 Å². The zero-order chi connectivity index (χ0) is 9.84. The summed E-state index contributed by atoms with van der Waals surface area (Å²) in [5.41, 5.74) is 0.481. The second-order valence-electron chi connectivity index (χ2n) is 2.78. The second kappa shape index (κ2) is 3.89. The molecule has 4 nitrogen and oxygen atoms in total. The van der Waals surface area contributed by atoms with Crippen LogP contribution in [-0.4, -0.2) is 37.0 Å². The minimum atomic E-state index is -0.107. The Labute approximate surface area is 77.1 Å². The normalized spacial score (nSPS) is 9.46. The van der Waals surface area contributed by atoms with Gasteiger partial charge in [0, 0.05) is 26.5 Å². The Kier molecular flexibility index (Phi) is 2.84. The highest BCUT2D eigenvalue weighted by Gasteiger charge is 2.13. The van der Waals surface area contributed by atoms with Crippen LogP contribution in [0.25, 0.3) is 0 Å². The van der Waals surface area contributed by atoms with E-state index in [-0.39, 0.29) is 5.91 Å². The van der Waals surface area contributed by atoms with E-state index in [9.17, 15) is 4.79 Å². The van der Waals surface area contributed by atoms with Crippen LogP contribution in [0.15, 0.2) is 18.5 Å². The molecule has 0 unspecified atom stereocenters. The van der Waals surface area contributed by atoms with Gasteiger partial charge in [-0.25, -0.2) is 0 Å². The molecular weight excluding hydrogens is 168 g/mol. The number of hydrogen-bond acceptors (Lipinski definition) is 3. The topological polar surface area (TPSA) is 42.4 Å². The van der Waals surface area contributed by atoms with Gasteiger partial charge in [-0.3, -0.25) is 9.78 Å². The van der Waals surface area contributed by atoms with Crippen LogP contribution in [0.2, 0.25) is 0 Å². The molecule has 1 aromatic heterocycles. The molecule has 13 heavy (non-hydrogen) atoms. The molecule has 0 saturated carbocycles. The van der Waals surface area contributed by atoms with E-state index < -0.39 is 0 Å². The molecule has 0 aliphatic carbocycles. The number of carbonyl (C=O) groups excluding carboxylic acids is 1. The molecule has 0 fully saturated rings. The van der Waals surface area contributed by atoms with E-state index in [1.165, 1.54) is 18.2 Å². The first kappa shape index (κ1) is 9.51. The van der Waals surface area contributed by atoms with E-state index in [0.29, 0.717) is 11.3 Å². The van der Waals surface area contributed by atoms with Gasteiger partial charge in [0.05, 0.1) is 12.7 Å². The maximum Gasteiger partial charge on any atom is 0.258 e. The summed E-state index contributed by atoms with van der Waals surface area (Å²) in [7, 11) is 4.91. The Morgan fingerprint density at radius 1 is 1.54 bits per heavy atom. The van der Waals surface area contributed by atoms with Crippen LogP contribution >= 0.6 is 0 Å². The lowest BCUT2D eigenvalue weighted by molar-refractivity contribution is 0.0824. The third-order valence-corrected chi connectivity index (χ3v) is 1.64. The number of aromatic nitrogens is 1. The molecule has 0 spiro atoms. The van der Waals surface area contributed by atoms with Crippen LogP contribution in [0.4, 0.5) is 0 Å². The smallest absolute Gasteiger partial charge is 0.258 e. The number of ether oxygens (including phenoxy) is 1. The lowest BCUT2D eigenvalue weighted by atomic mass is 10.2. The largest absolute Gasteiger partial charge is 0.496 e. The fourth-order valence-corrected chi connectivity index (χ4v) is 0.961. The average molecular weight is 180 g/mol. The van der Waals surface area contributed by atoms with Crippen molar-refractivity contribution in [3.63, 3.8) is 0 Å². The summed E-state index contributed by atoms with van der Waals surface area (Å²) in [6.07, 6.45) is 3.09. The fourth-order valence-electron chi connectivity index (χ4n) is 0.961. The molecule has 1 aromatic rings. The molecule has 0 aliphatic heterocycles. The van der Waals surface area contributed by atoms with Crippen LogP contribution in [-0.2, 0) is 0 Å². The first-order valence-electron chi connectivity index (χ1n) is 3.86. The van der Waals surface area contributed by atoms with Gasteiger partial charge in [0.1, 0.15) is 5.75 Å². The summed E-state index contributed by atoms with van der Waals surface area (Å²) in [4.78, 5) is 16.9. The highest BCUT2D eigenvalue weighted by Crippen LogP contribution is 2.16. The molecule has 1 amide bonds. The number of amides is 1. The van der Waals surface area contributed by atoms with Crippen molar-refractivity contribution < 1.29 is 9.53 Å². The number of rotatable bonds is 2. The van der Waals surface area contributed by atoms with Gasteiger partial charge in [-0.1, -0.05) is 0 Å². The van der Waals surface area contributed by atoms with Gasteiger partial charge in [-0.2, -0.15) is 0 Å². The Hall–Kier alpha value is -1.58. The highest BCUT2D eigenvalue weighted by atomic mass is 16.5. The van der Waals surface area contributed by atoms with Gasteiger partial charge in [-0.15, -0.1) is 0 Å². The average Bonchev–Trinajstić information content (AvgIpc) is 2.16. The van der Waals surface area contributed by atoms with E-state index in [4.69, 9.17) is 4.74 Å². The van der Waals surface area contributed by atoms with Crippen molar-refractivity contribution >= 4 is 5.91 Å². The van der Waals surface area contributed by atoms with Crippen molar-refractivity contribution in [3.05, 3.63) is 24.0 Å².